The Morgan fingerprint density at radius 1 is 0.875 bits per heavy atom. The van der Waals surface area contributed by atoms with Crippen molar-refractivity contribution in [1.82, 2.24) is 4.90 Å². The minimum atomic E-state index is 0.299. The molecule has 0 saturated carbocycles. The Bertz CT molecular complexity index is 201. The first kappa shape index (κ1) is 16.0. The van der Waals surface area contributed by atoms with Gasteiger partial charge in [0.2, 0.25) is 0 Å². The monoisotopic (exact) mass is 227 g/mol. The largest absolute Gasteiger partial charge is 0.301 e. The van der Waals surface area contributed by atoms with Crippen LogP contribution in [0.4, 0.5) is 0 Å². The molecule has 98 valence electrons. The highest BCUT2D eigenvalue weighted by Crippen LogP contribution is 2.31. The van der Waals surface area contributed by atoms with E-state index in [1.807, 2.05) is 0 Å². The van der Waals surface area contributed by atoms with Crippen LogP contribution in [0, 0.1) is 17.3 Å². The fourth-order valence-electron chi connectivity index (χ4n) is 1.47. The Morgan fingerprint density at radius 3 is 1.62 bits per heavy atom. The van der Waals surface area contributed by atoms with Crippen molar-refractivity contribution in [3.63, 3.8) is 0 Å². The zero-order valence-corrected chi connectivity index (χ0v) is 13.0. The predicted molar refractivity (Wildman–Crippen MR) is 74.8 cm³/mol. The van der Waals surface area contributed by atoms with Crippen LogP contribution in [0.15, 0.2) is 0 Å². The highest BCUT2D eigenvalue weighted by Gasteiger charge is 2.29. The van der Waals surface area contributed by atoms with E-state index in [1.165, 1.54) is 13.0 Å². The summed E-state index contributed by atoms with van der Waals surface area (Å²) in [6.07, 6.45) is 1.28. The molecule has 0 saturated heterocycles. The van der Waals surface area contributed by atoms with Crippen LogP contribution < -0.4 is 0 Å². The van der Waals surface area contributed by atoms with Gasteiger partial charge in [-0.3, -0.25) is 0 Å². The number of hydrogen-bond donors (Lipinski definition) is 0. The lowest BCUT2D eigenvalue weighted by Crippen LogP contribution is -2.46. The van der Waals surface area contributed by atoms with Crippen LogP contribution in [0.1, 0.15) is 61.8 Å². The molecule has 0 radical (unpaired) electrons. The van der Waals surface area contributed by atoms with E-state index < -0.39 is 0 Å². The molecule has 1 nitrogen and oxygen atoms in total. The molecule has 0 aliphatic heterocycles. The maximum atomic E-state index is 2.52. The Labute approximate surface area is 104 Å². The Balaban J connectivity index is 4.33. The first-order valence-corrected chi connectivity index (χ1v) is 6.73. The second kappa shape index (κ2) is 5.53. The summed E-state index contributed by atoms with van der Waals surface area (Å²) < 4.78 is 0. The molecule has 0 fully saturated rings. The van der Waals surface area contributed by atoms with Gasteiger partial charge in [0.1, 0.15) is 0 Å². The van der Waals surface area contributed by atoms with Gasteiger partial charge in [0.25, 0.3) is 0 Å². The smallest absolute Gasteiger partial charge is 0.0173 e. The lowest BCUT2D eigenvalue weighted by atomic mass is 9.78. The van der Waals surface area contributed by atoms with Gasteiger partial charge in [-0.15, -0.1) is 0 Å². The summed E-state index contributed by atoms with van der Waals surface area (Å²) in [5, 5.41) is 0. The third kappa shape index (κ3) is 4.08. The van der Waals surface area contributed by atoms with Crippen LogP contribution >= 0.6 is 0 Å². The van der Waals surface area contributed by atoms with Crippen molar-refractivity contribution in [2.75, 3.05) is 13.6 Å². The topological polar surface area (TPSA) is 3.24 Å². The summed E-state index contributed by atoms with van der Waals surface area (Å²) in [6, 6.07) is 0. The van der Waals surface area contributed by atoms with Crippen LogP contribution in [-0.4, -0.2) is 24.0 Å². The summed E-state index contributed by atoms with van der Waals surface area (Å²) in [7, 11) is 2.26. The fraction of sp³-hybridized carbons (Fsp3) is 1.00. The van der Waals surface area contributed by atoms with Crippen LogP contribution in [0.25, 0.3) is 0 Å². The molecule has 0 aliphatic carbocycles. The Morgan fingerprint density at radius 2 is 1.31 bits per heavy atom. The summed E-state index contributed by atoms with van der Waals surface area (Å²) in [5.74, 6) is 1.45. The SMILES string of the molecule is CC(C)C(C)(C)CCN(C)C(C)(C)C(C)C. The first-order valence-electron chi connectivity index (χ1n) is 6.73. The van der Waals surface area contributed by atoms with Gasteiger partial charge in [-0.1, -0.05) is 41.5 Å². The summed E-state index contributed by atoms with van der Waals surface area (Å²) >= 11 is 0. The van der Waals surface area contributed by atoms with Gasteiger partial charge < -0.3 is 4.90 Å². The van der Waals surface area contributed by atoms with Crippen molar-refractivity contribution in [3.05, 3.63) is 0 Å². The average molecular weight is 227 g/mol. The molecule has 0 amide bonds. The molecule has 0 atom stereocenters. The summed E-state index contributed by atoms with van der Waals surface area (Å²) in [5.41, 5.74) is 0.744. The molecule has 0 aliphatic rings. The number of rotatable bonds is 6. The molecule has 0 bridgehead atoms. The van der Waals surface area contributed by atoms with E-state index in [4.69, 9.17) is 0 Å². The van der Waals surface area contributed by atoms with Crippen molar-refractivity contribution >= 4 is 0 Å². The zero-order valence-electron chi connectivity index (χ0n) is 13.0. The normalized spacial score (nSPS) is 14.2. The van der Waals surface area contributed by atoms with Crippen LogP contribution in [0.2, 0.25) is 0 Å². The van der Waals surface area contributed by atoms with E-state index in [0.717, 1.165) is 5.92 Å². The minimum Gasteiger partial charge on any atom is -0.301 e. The van der Waals surface area contributed by atoms with Gasteiger partial charge in [0, 0.05) is 5.54 Å². The maximum absolute atomic E-state index is 2.52. The van der Waals surface area contributed by atoms with Crippen molar-refractivity contribution in [2.24, 2.45) is 17.3 Å². The maximum Gasteiger partial charge on any atom is 0.0173 e. The molecule has 1 heteroatoms. The average Bonchev–Trinajstić information content (AvgIpc) is 2.13. The first-order chi connectivity index (χ1) is 7.01. The molecule has 0 heterocycles. The van der Waals surface area contributed by atoms with Crippen LogP contribution in [0.5, 0.6) is 0 Å². The molecule has 0 aromatic rings. The van der Waals surface area contributed by atoms with Gasteiger partial charge in [-0.05, 0) is 51.1 Å². The third-order valence-corrected chi connectivity index (χ3v) is 5.05. The van der Waals surface area contributed by atoms with Gasteiger partial charge in [-0.2, -0.15) is 0 Å². The highest BCUT2D eigenvalue weighted by atomic mass is 15.2. The molecule has 16 heavy (non-hydrogen) atoms. The van der Waals surface area contributed by atoms with Gasteiger partial charge in [0.15, 0.2) is 0 Å². The highest BCUT2D eigenvalue weighted by molar-refractivity contribution is 4.84. The standard InChI is InChI=1S/C15H33N/c1-12(2)14(5,6)10-11-16(9)15(7,8)13(3)4/h12-13H,10-11H2,1-9H3. The van der Waals surface area contributed by atoms with Crippen molar-refractivity contribution in [3.8, 4) is 0 Å². The van der Waals surface area contributed by atoms with E-state index in [0.29, 0.717) is 16.9 Å². The molecule has 0 aromatic heterocycles. The van der Waals surface area contributed by atoms with Crippen LogP contribution in [0.3, 0.4) is 0 Å². The Kier molecular flexibility index (Phi) is 5.52. The zero-order chi connectivity index (χ0) is 13.1. The van der Waals surface area contributed by atoms with Gasteiger partial charge >= 0.3 is 0 Å². The predicted octanol–water partition coefficient (Wildman–Crippen LogP) is 4.43. The quantitative estimate of drug-likeness (QED) is 0.649. The van der Waals surface area contributed by atoms with E-state index >= 15 is 0 Å². The molecule has 0 spiro atoms. The van der Waals surface area contributed by atoms with Crippen molar-refractivity contribution in [2.45, 2.75) is 67.3 Å². The molecule has 0 unspecified atom stereocenters. The second-order valence-corrected chi connectivity index (χ2v) is 7.12. The van der Waals surface area contributed by atoms with E-state index in [2.05, 4.69) is 67.3 Å². The number of hydrogen-bond acceptors (Lipinski definition) is 1. The fourth-order valence-corrected chi connectivity index (χ4v) is 1.47. The minimum absolute atomic E-state index is 0.299. The molecule has 0 rings (SSSR count). The van der Waals surface area contributed by atoms with Crippen molar-refractivity contribution < 1.29 is 0 Å². The van der Waals surface area contributed by atoms with Gasteiger partial charge in [0.05, 0.1) is 0 Å². The molecular formula is C15H33N. The summed E-state index contributed by atoms with van der Waals surface area (Å²) in [6.45, 7) is 19.9. The third-order valence-electron chi connectivity index (χ3n) is 5.05. The van der Waals surface area contributed by atoms with E-state index in [-0.39, 0.29) is 0 Å². The molecule has 0 aromatic carbocycles. The molecule has 0 N–H and O–H groups in total. The van der Waals surface area contributed by atoms with Crippen LogP contribution in [-0.2, 0) is 0 Å². The Hall–Kier alpha value is -0.0400. The van der Waals surface area contributed by atoms with Gasteiger partial charge in [-0.25, -0.2) is 0 Å². The lowest BCUT2D eigenvalue weighted by molar-refractivity contribution is 0.0819. The second-order valence-electron chi connectivity index (χ2n) is 7.12. The van der Waals surface area contributed by atoms with Crippen molar-refractivity contribution in [1.29, 1.82) is 0 Å². The molecular weight excluding hydrogens is 194 g/mol. The number of nitrogens with zero attached hydrogens (tertiary/aromatic N) is 1. The van der Waals surface area contributed by atoms with E-state index in [1.54, 1.807) is 0 Å². The van der Waals surface area contributed by atoms with E-state index in [9.17, 15) is 0 Å². The summed E-state index contributed by atoms with van der Waals surface area (Å²) in [4.78, 5) is 2.52. The lowest BCUT2D eigenvalue weighted by Gasteiger charge is -2.41.